The predicted octanol–water partition coefficient (Wildman–Crippen LogP) is 8.85. The zero-order chi connectivity index (χ0) is 50.3. The van der Waals surface area contributed by atoms with Crippen LogP contribution < -0.4 is 15.5 Å². The van der Waals surface area contributed by atoms with Crippen LogP contribution in [0.5, 0.6) is 0 Å². The number of aromatic nitrogens is 5. The molecule has 4 aliphatic rings. The number of carbonyl (C=O) groups is 3. The molecule has 0 aliphatic carbocycles. The number of amides is 3. The highest BCUT2D eigenvalue weighted by Crippen LogP contribution is 2.35. The van der Waals surface area contributed by atoms with Gasteiger partial charge in [-0.25, -0.2) is 28.7 Å². The van der Waals surface area contributed by atoms with Crippen molar-refractivity contribution >= 4 is 46.2 Å². The van der Waals surface area contributed by atoms with Crippen molar-refractivity contribution in [2.24, 2.45) is 0 Å². The van der Waals surface area contributed by atoms with E-state index in [0.29, 0.717) is 47.2 Å². The molecule has 1 unspecified atom stereocenters. The minimum atomic E-state index is -0.657. The fourth-order valence-electron chi connectivity index (χ4n) is 11.3. The van der Waals surface area contributed by atoms with Crippen LogP contribution >= 0.6 is 0 Å². The molecule has 4 aliphatic heterocycles. The number of imide groups is 1. The van der Waals surface area contributed by atoms with Crippen LogP contribution in [0.25, 0.3) is 22.3 Å². The predicted molar refractivity (Wildman–Crippen MR) is 276 cm³/mol. The largest absolute Gasteiger partial charge is 0.369 e. The molecule has 4 aromatic carbocycles. The number of hydrogen-bond acceptors (Lipinski definition) is 11. The van der Waals surface area contributed by atoms with Gasteiger partial charge >= 0.3 is 0 Å². The first-order valence-corrected chi connectivity index (χ1v) is 25.5. The number of benzene rings is 4. The monoisotopic (exact) mass is 983 g/mol. The first kappa shape index (κ1) is 47.9. The number of anilines is 3. The Labute approximate surface area is 423 Å². The molecule has 374 valence electrons. The van der Waals surface area contributed by atoms with Crippen LogP contribution in [0.3, 0.4) is 0 Å². The van der Waals surface area contributed by atoms with E-state index in [4.69, 9.17) is 0 Å². The third-order valence-corrected chi connectivity index (χ3v) is 15.1. The zero-order valence-corrected chi connectivity index (χ0v) is 41.5. The summed E-state index contributed by atoms with van der Waals surface area (Å²) in [6, 6.07) is 30.3. The molecule has 14 nitrogen and oxygen atoms in total. The Bertz CT molecular complexity index is 3220. The minimum Gasteiger partial charge on any atom is -0.369 e. The van der Waals surface area contributed by atoms with Gasteiger partial charge in [0, 0.05) is 81.3 Å². The molecule has 3 saturated heterocycles. The molecule has 73 heavy (non-hydrogen) atoms. The van der Waals surface area contributed by atoms with Crippen molar-refractivity contribution in [3.05, 3.63) is 160 Å². The molecule has 0 radical (unpaired) electrons. The highest BCUT2D eigenvalue weighted by Gasteiger charge is 2.39. The van der Waals surface area contributed by atoms with Crippen molar-refractivity contribution in [2.45, 2.75) is 90.5 Å². The van der Waals surface area contributed by atoms with Crippen molar-refractivity contribution < 1.29 is 23.2 Å². The number of likely N-dealkylation sites (tertiary alicyclic amines) is 1. The van der Waals surface area contributed by atoms with Gasteiger partial charge in [0.15, 0.2) is 11.6 Å². The molecule has 2 N–H and O–H groups in total. The maximum Gasteiger partial charge on any atom is 0.255 e. The average molecular weight is 984 g/mol. The molecule has 3 aromatic heterocycles. The fourth-order valence-corrected chi connectivity index (χ4v) is 11.3. The summed E-state index contributed by atoms with van der Waals surface area (Å²) in [5.41, 5.74) is 10.3. The molecule has 7 heterocycles. The van der Waals surface area contributed by atoms with Crippen LogP contribution in [0.1, 0.15) is 101 Å². The summed E-state index contributed by atoms with van der Waals surface area (Å²) in [5.74, 6) is -0.210. The van der Waals surface area contributed by atoms with Gasteiger partial charge in [-0.2, -0.15) is 0 Å². The van der Waals surface area contributed by atoms with E-state index in [9.17, 15) is 14.4 Å². The number of imidazole rings is 1. The molecule has 0 spiro atoms. The number of rotatable bonds is 13. The normalized spacial score (nSPS) is 18.0. The first-order valence-electron chi connectivity index (χ1n) is 25.5. The van der Waals surface area contributed by atoms with Crippen LogP contribution in [0, 0.1) is 18.6 Å². The van der Waals surface area contributed by atoms with E-state index in [-0.39, 0.29) is 47.3 Å². The topological polar surface area (TPSA) is 145 Å². The summed E-state index contributed by atoms with van der Waals surface area (Å²) >= 11 is 0. The summed E-state index contributed by atoms with van der Waals surface area (Å²) in [6.45, 7) is 13.6. The van der Waals surface area contributed by atoms with E-state index >= 15 is 8.78 Å². The SMILES string of the molecule is Cc1nc2c(F)cc(-c3nc(Nc4ccc(CN5CCN(c6ccc(Cc7ccccc7CN7CCC(c8ccc9c(c8)CN(C8CCC(=O)NC8=O)C9=O)CC7)cc6)CC5)cn4)ncc3F)cc2n1C(C)C. The van der Waals surface area contributed by atoms with Crippen LogP contribution in [0.15, 0.2) is 103 Å². The summed E-state index contributed by atoms with van der Waals surface area (Å²) in [6.07, 6.45) is 6.49. The Kier molecular flexibility index (Phi) is 13.3. The lowest BCUT2D eigenvalue weighted by atomic mass is 9.87. The number of piperazine rings is 1. The maximum atomic E-state index is 15.2. The van der Waals surface area contributed by atoms with Gasteiger partial charge in [0.05, 0.1) is 11.7 Å². The summed E-state index contributed by atoms with van der Waals surface area (Å²) in [4.78, 5) is 64.1. The average Bonchev–Trinajstić information content (AvgIpc) is 3.91. The molecular formula is C57H59F2N11O3. The molecule has 7 aromatic rings. The third kappa shape index (κ3) is 10.1. The Hall–Kier alpha value is -7.43. The van der Waals surface area contributed by atoms with Crippen molar-refractivity contribution in [1.29, 1.82) is 0 Å². The highest BCUT2D eigenvalue weighted by atomic mass is 19.1. The quantitative estimate of drug-likeness (QED) is 0.107. The van der Waals surface area contributed by atoms with Gasteiger partial charge in [-0.3, -0.25) is 29.5 Å². The smallest absolute Gasteiger partial charge is 0.255 e. The van der Waals surface area contributed by atoms with E-state index in [1.165, 1.54) is 34.0 Å². The molecule has 3 fully saturated rings. The van der Waals surface area contributed by atoms with Gasteiger partial charge in [-0.05, 0) is 135 Å². The second-order valence-electron chi connectivity index (χ2n) is 20.3. The number of hydrogen-bond donors (Lipinski definition) is 2. The highest BCUT2D eigenvalue weighted by molar-refractivity contribution is 6.05. The van der Waals surface area contributed by atoms with E-state index in [0.717, 1.165) is 88.9 Å². The lowest BCUT2D eigenvalue weighted by Gasteiger charge is -2.36. The maximum absolute atomic E-state index is 15.2. The third-order valence-electron chi connectivity index (χ3n) is 15.1. The number of piperidine rings is 2. The van der Waals surface area contributed by atoms with Crippen molar-refractivity contribution in [1.82, 2.24) is 44.5 Å². The number of pyridine rings is 1. The second kappa shape index (κ2) is 20.2. The summed E-state index contributed by atoms with van der Waals surface area (Å²) < 4.78 is 32.3. The molecule has 1 atom stereocenters. The standard InChI is InChI=1S/C57H59F2N11O3/c1-35(2)70-36(3)62-54-47(58)28-43(29-50(54)70)53-48(59)31-61-57(65-53)63-51-16-10-38(30-60-51)32-67-22-24-68(25-23-67)45-12-8-37(9-13-45)26-40-6-4-5-7-42(40)33-66-20-18-39(19-21-66)41-11-14-46-44(27-41)34-69(56(46)73)49-15-17-52(71)64-55(49)72/h4-14,16,27-31,35,39,49H,15,17-26,32-34H2,1-3H3,(H,64,71,72)(H,60,61,63,65). The van der Waals surface area contributed by atoms with Crippen LogP contribution in [0.4, 0.5) is 26.2 Å². The number of fused-ring (bicyclic) bond motifs is 2. The van der Waals surface area contributed by atoms with Crippen molar-refractivity contribution in [3.63, 3.8) is 0 Å². The van der Waals surface area contributed by atoms with E-state index < -0.39 is 17.7 Å². The van der Waals surface area contributed by atoms with E-state index in [1.807, 2.05) is 49.7 Å². The number of carbonyl (C=O) groups excluding carboxylic acids is 3. The Morgan fingerprint density at radius 2 is 1.51 bits per heavy atom. The van der Waals surface area contributed by atoms with Gasteiger partial charge in [0.1, 0.15) is 28.9 Å². The minimum absolute atomic E-state index is 0.0129. The van der Waals surface area contributed by atoms with Gasteiger partial charge in [0.25, 0.3) is 5.91 Å². The van der Waals surface area contributed by atoms with Gasteiger partial charge in [0.2, 0.25) is 17.8 Å². The summed E-state index contributed by atoms with van der Waals surface area (Å²) in [7, 11) is 0. The first-order chi connectivity index (χ1) is 35.4. The Morgan fingerprint density at radius 1 is 0.753 bits per heavy atom. The number of halogens is 2. The summed E-state index contributed by atoms with van der Waals surface area (Å²) in [5, 5.41) is 5.48. The number of aryl methyl sites for hydroxylation is 1. The van der Waals surface area contributed by atoms with Gasteiger partial charge in [-0.15, -0.1) is 0 Å². The molecule has 16 heteroatoms. The molecular weight excluding hydrogens is 925 g/mol. The number of nitrogens with zero attached hydrogens (tertiary/aromatic N) is 9. The lowest BCUT2D eigenvalue weighted by Crippen LogP contribution is -2.52. The lowest BCUT2D eigenvalue weighted by molar-refractivity contribution is -0.136. The zero-order valence-electron chi connectivity index (χ0n) is 41.5. The van der Waals surface area contributed by atoms with Gasteiger partial charge in [-0.1, -0.05) is 54.6 Å². The molecule has 3 amide bonds. The molecule has 11 rings (SSSR count). The van der Waals surface area contributed by atoms with Crippen molar-refractivity contribution in [3.8, 4) is 11.3 Å². The second-order valence-corrected chi connectivity index (χ2v) is 20.3. The van der Waals surface area contributed by atoms with Crippen LogP contribution in [0.2, 0.25) is 0 Å². The Morgan fingerprint density at radius 3 is 2.25 bits per heavy atom. The molecule has 0 bridgehead atoms. The van der Waals surface area contributed by atoms with E-state index in [2.05, 4.69) is 106 Å². The fraction of sp³-hybridized carbons (Fsp3) is 0.351. The van der Waals surface area contributed by atoms with Crippen molar-refractivity contribution in [2.75, 3.05) is 49.5 Å². The number of nitrogens with one attached hydrogen (secondary N) is 2. The van der Waals surface area contributed by atoms with Crippen LogP contribution in [-0.2, 0) is 35.6 Å². The van der Waals surface area contributed by atoms with Gasteiger partial charge < -0.3 is 19.7 Å². The molecule has 0 saturated carbocycles. The van der Waals surface area contributed by atoms with Crippen LogP contribution in [-0.4, -0.2) is 102 Å². The Balaban J connectivity index is 0.643. The van der Waals surface area contributed by atoms with E-state index in [1.54, 1.807) is 11.0 Å².